The van der Waals surface area contributed by atoms with Crippen molar-refractivity contribution in [2.75, 3.05) is 5.73 Å². The Balaban J connectivity index is 2.29. The number of ether oxygens (including phenoxy) is 1. The van der Waals surface area contributed by atoms with Crippen molar-refractivity contribution in [3.63, 3.8) is 0 Å². The number of anilines is 1. The summed E-state index contributed by atoms with van der Waals surface area (Å²) in [7, 11) is 1.84. The third-order valence-electron chi connectivity index (χ3n) is 2.33. The molecule has 2 aromatic rings. The lowest BCUT2D eigenvalue weighted by molar-refractivity contribution is 0.00764. The predicted molar refractivity (Wildman–Crippen MR) is 76.1 cm³/mol. The van der Waals surface area contributed by atoms with Crippen LogP contribution in [0.1, 0.15) is 30.4 Å². The van der Waals surface area contributed by atoms with Gasteiger partial charge in [0.1, 0.15) is 10.5 Å². The Morgan fingerprint density at radius 1 is 1.47 bits per heavy atom. The summed E-state index contributed by atoms with van der Waals surface area (Å²) in [6.45, 7) is 5.49. The zero-order valence-corrected chi connectivity index (χ0v) is 12.2. The first kappa shape index (κ1) is 13.6. The second-order valence-electron chi connectivity index (χ2n) is 5.30. The molecule has 6 heteroatoms. The molecular formula is C13H17N3O2S. The van der Waals surface area contributed by atoms with Gasteiger partial charge in [0.2, 0.25) is 0 Å². The molecule has 0 bridgehead atoms. The van der Waals surface area contributed by atoms with Crippen LogP contribution in [0.5, 0.6) is 0 Å². The van der Waals surface area contributed by atoms with E-state index < -0.39 is 5.60 Å². The highest BCUT2D eigenvalue weighted by molar-refractivity contribution is 7.18. The molecule has 2 aromatic heterocycles. The van der Waals surface area contributed by atoms with Gasteiger partial charge in [0.15, 0.2) is 0 Å². The SMILES string of the molecule is Cn1cc(-c2cc(N)c(C(=O)OC(C)(C)C)s2)cn1. The van der Waals surface area contributed by atoms with Crippen molar-refractivity contribution >= 4 is 23.0 Å². The monoisotopic (exact) mass is 279 g/mol. The molecule has 0 aliphatic heterocycles. The van der Waals surface area contributed by atoms with Crippen LogP contribution in [0.3, 0.4) is 0 Å². The summed E-state index contributed by atoms with van der Waals surface area (Å²) in [6.07, 6.45) is 3.62. The van der Waals surface area contributed by atoms with Gasteiger partial charge in [-0.05, 0) is 26.8 Å². The van der Waals surface area contributed by atoms with Crippen LogP contribution in [0, 0.1) is 0 Å². The number of nitrogens with zero attached hydrogens (tertiary/aromatic N) is 2. The first-order valence-electron chi connectivity index (χ1n) is 5.88. The van der Waals surface area contributed by atoms with Gasteiger partial charge in [0.05, 0.1) is 11.9 Å². The summed E-state index contributed by atoms with van der Waals surface area (Å²) in [4.78, 5) is 13.4. The second kappa shape index (κ2) is 4.70. The summed E-state index contributed by atoms with van der Waals surface area (Å²) >= 11 is 1.32. The molecule has 19 heavy (non-hydrogen) atoms. The largest absolute Gasteiger partial charge is 0.456 e. The summed E-state index contributed by atoms with van der Waals surface area (Å²) < 4.78 is 7.04. The van der Waals surface area contributed by atoms with Gasteiger partial charge in [-0.1, -0.05) is 0 Å². The minimum absolute atomic E-state index is 0.384. The molecule has 2 rings (SSSR count). The first-order chi connectivity index (χ1) is 8.76. The smallest absolute Gasteiger partial charge is 0.350 e. The van der Waals surface area contributed by atoms with Gasteiger partial charge in [-0.15, -0.1) is 11.3 Å². The molecule has 0 spiro atoms. The van der Waals surface area contributed by atoms with Crippen molar-refractivity contribution in [3.8, 4) is 10.4 Å². The van der Waals surface area contributed by atoms with Gasteiger partial charge in [-0.2, -0.15) is 5.10 Å². The Labute approximate surface area is 116 Å². The number of aromatic nitrogens is 2. The number of carbonyl (C=O) groups excluding carboxylic acids is 1. The zero-order chi connectivity index (χ0) is 14.2. The van der Waals surface area contributed by atoms with E-state index in [0.29, 0.717) is 10.6 Å². The maximum atomic E-state index is 12.0. The highest BCUT2D eigenvalue weighted by Crippen LogP contribution is 2.34. The second-order valence-corrected chi connectivity index (χ2v) is 6.35. The Kier molecular flexibility index (Phi) is 3.36. The molecule has 0 aliphatic rings. The van der Waals surface area contributed by atoms with E-state index in [-0.39, 0.29) is 5.97 Å². The van der Waals surface area contributed by atoms with E-state index in [2.05, 4.69) is 5.10 Å². The van der Waals surface area contributed by atoms with Gasteiger partial charge >= 0.3 is 5.97 Å². The van der Waals surface area contributed by atoms with Gasteiger partial charge in [-0.3, -0.25) is 4.68 Å². The zero-order valence-electron chi connectivity index (χ0n) is 11.4. The number of esters is 1. The summed E-state index contributed by atoms with van der Waals surface area (Å²) in [6, 6.07) is 1.78. The van der Waals surface area contributed by atoms with Crippen LogP contribution in [0.4, 0.5) is 5.69 Å². The highest BCUT2D eigenvalue weighted by Gasteiger charge is 2.22. The lowest BCUT2D eigenvalue weighted by Crippen LogP contribution is -2.23. The van der Waals surface area contributed by atoms with E-state index in [1.807, 2.05) is 34.0 Å². The average Bonchev–Trinajstić information content (AvgIpc) is 2.82. The molecule has 0 saturated carbocycles. The Morgan fingerprint density at radius 2 is 2.16 bits per heavy atom. The summed E-state index contributed by atoms with van der Waals surface area (Å²) in [5.74, 6) is -0.384. The fourth-order valence-electron chi connectivity index (χ4n) is 1.58. The topological polar surface area (TPSA) is 70.1 Å². The van der Waals surface area contributed by atoms with Crippen molar-refractivity contribution in [1.29, 1.82) is 0 Å². The van der Waals surface area contributed by atoms with Crippen molar-refractivity contribution in [2.24, 2.45) is 7.05 Å². The number of hydrogen-bond acceptors (Lipinski definition) is 5. The molecule has 2 heterocycles. The van der Waals surface area contributed by atoms with Crippen molar-refractivity contribution in [2.45, 2.75) is 26.4 Å². The van der Waals surface area contributed by atoms with E-state index in [0.717, 1.165) is 10.4 Å². The highest BCUT2D eigenvalue weighted by atomic mass is 32.1. The number of aryl methyl sites for hydroxylation is 1. The molecule has 0 fully saturated rings. The molecule has 0 unspecified atom stereocenters. The minimum Gasteiger partial charge on any atom is -0.456 e. The third kappa shape index (κ3) is 3.14. The van der Waals surface area contributed by atoms with E-state index >= 15 is 0 Å². The molecule has 0 atom stereocenters. The molecular weight excluding hydrogens is 262 g/mol. The molecule has 5 nitrogen and oxygen atoms in total. The summed E-state index contributed by atoms with van der Waals surface area (Å²) in [5.41, 5.74) is 6.74. The van der Waals surface area contributed by atoms with E-state index in [9.17, 15) is 4.79 Å². The van der Waals surface area contributed by atoms with Crippen molar-refractivity contribution in [1.82, 2.24) is 9.78 Å². The van der Waals surface area contributed by atoms with Crippen LogP contribution < -0.4 is 5.73 Å². The number of nitrogen functional groups attached to an aromatic ring is 1. The van der Waals surface area contributed by atoms with Gasteiger partial charge in [-0.25, -0.2) is 4.79 Å². The number of carbonyl (C=O) groups is 1. The number of hydrogen-bond donors (Lipinski definition) is 1. The third-order valence-corrected chi connectivity index (χ3v) is 3.51. The van der Waals surface area contributed by atoms with Crippen molar-refractivity contribution < 1.29 is 9.53 Å². The maximum Gasteiger partial charge on any atom is 0.350 e. The van der Waals surface area contributed by atoms with Crippen LogP contribution in [0.15, 0.2) is 18.5 Å². The molecule has 2 N–H and O–H groups in total. The first-order valence-corrected chi connectivity index (χ1v) is 6.69. The van der Waals surface area contributed by atoms with E-state index in [1.165, 1.54) is 11.3 Å². The molecule has 0 aromatic carbocycles. The van der Waals surface area contributed by atoms with E-state index in [4.69, 9.17) is 10.5 Å². The van der Waals surface area contributed by atoms with Crippen molar-refractivity contribution in [3.05, 3.63) is 23.3 Å². The van der Waals surface area contributed by atoms with Crippen LogP contribution in [0.25, 0.3) is 10.4 Å². The Hall–Kier alpha value is -1.82. The lowest BCUT2D eigenvalue weighted by Gasteiger charge is -2.18. The number of thiophene rings is 1. The number of nitrogens with two attached hydrogens (primary N) is 1. The minimum atomic E-state index is -0.526. The van der Waals surface area contributed by atoms with Crippen LogP contribution in [-0.2, 0) is 11.8 Å². The predicted octanol–water partition coefficient (Wildman–Crippen LogP) is 2.69. The molecule has 102 valence electrons. The fraction of sp³-hybridized carbons (Fsp3) is 0.385. The van der Waals surface area contributed by atoms with E-state index in [1.54, 1.807) is 16.9 Å². The molecule has 0 saturated heterocycles. The standard InChI is InChI=1S/C13H17N3O2S/c1-13(2,3)18-12(17)11-9(14)5-10(19-11)8-6-15-16(4)7-8/h5-7H,14H2,1-4H3. The maximum absolute atomic E-state index is 12.0. The number of rotatable bonds is 2. The van der Waals surface area contributed by atoms with Gasteiger partial charge < -0.3 is 10.5 Å². The lowest BCUT2D eigenvalue weighted by atomic mass is 10.2. The molecule has 0 aliphatic carbocycles. The van der Waals surface area contributed by atoms with Crippen LogP contribution >= 0.6 is 11.3 Å². The summed E-state index contributed by atoms with van der Waals surface area (Å²) in [5, 5.41) is 4.10. The fourth-order valence-corrected chi connectivity index (χ4v) is 2.51. The Morgan fingerprint density at radius 3 is 2.68 bits per heavy atom. The molecule has 0 amide bonds. The normalized spacial score (nSPS) is 11.6. The van der Waals surface area contributed by atoms with Crippen LogP contribution in [0.2, 0.25) is 0 Å². The van der Waals surface area contributed by atoms with Gasteiger partial charge in [0, 0.05) is 23.7 Å². The molecule has 0 radical (unpaired) electrons. The average molecular weight is 279 g/mol. The van der Waals surface area contributed by atoms with Gasteiger partial charge in [0.25, 0.3) is 0 Å². The quantitative estimate of drug-likeness (QED) is 0.858. The van der Waals surface area contributed by atoms with Crippen LogP contribution in [-0.4, -0.2) is 21.4 Å². The Bertz CT molecular complexity index is 608.